The van der Waals surface area contributed by atoms with Crippen LogP contribution in [0.5, 0.6) is 0 Å². The minimum absolute atomic E-state index is 0.455. The Hall–Kier alpha value is -0.830. The van der Waals surface area contributed by atoms with E-state index in [1.54, 1.807) is 0 Å². The molecule has 20 heavy (non-hydrogen) atoms. The average Bonchev–Trinajstić information content (AvgIpc) is 2.88. The van der Waals surface area contributed by atoms with Gasteiger partial charge in [-0.1, -0.05) is 20.8 Å². The number of hydrogen-bond acceptors (Lipinski definition) is 2. The minimum atomic E-state index is 0.455. The van der Waals surface area contributed by atoms with Gasteiger partial charge < -0.3 is 9.88 Å². The summed E-state index contributed by atoms with van der Waals surface area (Å²) in [6, 6.07) is 0. The van der Waals surface area contributed by atoms with E-state index in [-0.39, 0.29) is 0 Å². The second-order valence-electron chi connectivity index (χ2n) is 7.05. The SMILES string of the molecule is CCCNCC1CCC(C)(C)CC1c1nccn1CC. The molecule has 2 rings (SSSR count). The van der Waals surface area contributed by atoms with E-state index < -0.39 is 0 Å². The molecule has 114 valence electrons. The third kappa shape index (κ3) is 3.63. The van der Waals surface area contributed by atoms with Crippen molar-refractivity contribution in [1.82, 2.24) is 14.9 Å². The molecule has 3 heteroatoms. The fourth-order valence-corrected chi connectivity index (χ4v) is 3.57. The molecular weight excluding hydrogens is 246 g/mol. The highest BCUT2D eigenvalue weighted by Gasteiger charge is 2.37. The maximum atomic E-state index is 4.69. The second-order valence-corrected chi connectivity index (χ2v) is 7.05. The third-order valence-corrected chi connectivity index (χ3v) is 4.79. The number of aryl methyl sites for hydroxylation is 1. The van der Waals surface area contributed by atoms with E-state index >= 15 is 0 Å². The van der Waals surface area contributed by atoms with E-state index in [2.05, 4.69) is 48.8 Å². The van der Waals surface area contributed by atoms with Crippen molar-refractivity contribution in [3.8, 4) is 0 Å². The molecule has 0 saturated heterocycles. The van der Waals surface area contributed by atoms with Crippen molar-refractivity contribution in [3.63, 3.8) is 0 Å². The first kappa shape index (κ1) is 15.6. The highest BCUT2D eigenvalue weighted by atomic mass is 15.1. The predicted octanol–water partition coefficient (Wildman–Crippen LogP) is 3.81. The van der Waals surface area contributed by atoms with Gasteiger partial charge in [0.15, 0.2) is 0 Å². The molecule has 0 spiro atoms. The topological polar surface area (TPSA) is 29.9 Å². The number of aromatic nitrogens is 2. The number of imidazole rings is 1. The summed E-state index contributed by atoms with van der Waals surface area (Å²) in [5.41, 5.74) is 0.455. The number of rotatable bonds is 6. The number of nitrogens with zero attached hydrogens (tertiary/aromatic N) is 2. The summed E-state index contributed by atoms with van der Waals surface area (Å²) in [6.07, 6.45) is 9.25. The molecule has 0 amide bonds. The van der Waals surface area contributed by atoms with E-state index in [1.165, 1.54) is 31.5 Å². The quantitative estimate of drug-likeness (QED) is 0.801. The minimum Gasteiger partial charge on any atom is -0.335 e. The second kappa shape index (κ2) is 6.75. The van der Waals surface area contributed by atoms with Crippen LogP contribution < -0.4 is 5.32 Å². The van der Waals surface area contributed by atoms with Crippen LogP contribution in [0, 0.1) is 11.3 Å². The molecule has 0 bridgehead atoms. The zero-order chi connectivity index (χ0) is 14.6. The molecule has 1 aliphatic rings. The van der Waals surface area contributed by atoms with Gasteiger partial charge in [-0.05, 0) is 57.0 Å². The van der Waals surface area contributed by atoms with Crippen LogP contribution in [0.3, 0.4) is 0 Å². The summed E-state index contributed by atoms with van der Waals surface area (Å²) < 4.78 is 2.33. The lowest BCUT2D eigenvalue weighted by molar-refractivity contribution is 0.153. The zero-order valence-corrected chi connectivity index (χ0v) is 13.7. The Bertz CT molecular complexity index is 408. The highest BCUT2D eigenvalue weighted by molar-refractivity contribution is 5.07. The van der Waals surface area contributed by atoms with Crippen molar-refractivity contribution in [2.24, 2.45) is 11.3 Å². The summed E-state index contributed by atoms with van der Waals surface area (Å²) in [4.78, 5) is 4.69. The monoisotopic (exact) mass is 277 g/mol. The van der Waals surface area contributed by atoms with E-state index in [4.69, 9.17) is 0 Å². The molecular formula is C17H31N3. The van der Waals surface area contributed by atoms with Crippen LogP contribution >= 0.6 is 0 Å². The summed E-state index contributed by atoms with van der Waals surface area (Å²) in [6.45, 7) is 12.6. The lowest BCUT2D eigenvalue weighted by Gasteiger charge is -2.40. The summed E-state index contributed by atoms with van der Waals surface area (Å²) in [5.74, 6) is 2.66. The van der Waals surface area contributed by atoms with Crippen molar-refractivity contribution in [2.75, 3.05) is 13.1 Å². The van der Waals surface area contributed by atoms with Crippen LogP contribution in [0.25, 0.3) is 0 Å². The molecule has 2 unspecified atom stereocenters. The molecule has 1 saturated carbocycles. The Morgan fingerprint density at radius 3 is 2.90 bits per heavy atom. The Morgan fingerprint density at radius 1 is 1.40 bits per heavy atom. The molecule has 0 aromatic carbocycles. The molecule has 0 aliphatic heterocycles. The van der Waals surface area contributed by atoms with Crippen molar-refractivity contribution in [1.29, 1.82) is 0 Å². The Kier molecular flexibility index (Phi) is 5.25. The van der Waals surface area contributed by atoms with Gasteiger partial charge in [-0.25, -0.2) is 4.98 Å². The van der Waals surface area contributed by atoms with Gasteiger partial charge in [0.2, 0.25) is 0 Å². The smallest absolute Gasteiger partial charge is 0.112 e. The summed E-state index contributed by atoms with van der Waals surface area (Å²) >= 11 is 0. The van der Waals surface area contributed by atoms with Gasteiger partial charge in [0, 0.05) is 24.9 Å². The van der Waals surface area contributed by atoms with Gasteiger partial charge in [-0.2, -0.15) is 0 Å². The molecule has 1 fully saturated rings. The van der Waals surface area contributed by atoms with E-state index in [9.17, 15) is 0 Å². The van der Waals surface area contributed by atoms with E-state index in [0.717, 1.165) is 25.6 Å². The molecule has 0 radical (unpaired) electrons. The Balaban J connectivity index is 2.13. The highest BCUT2D eigenvalue weighted by Crippen LogP contribution is 2.46. The zero-order valence-electron chi connectivity index (χ0n) is 13.7. The molecule has 3 nitrogen and oxygen atoms in total. The maximum absolute atomic E-state index is 4.69. The molecule has 1 aromatic rings. The van der Waals surface area contributed by atoms with Crippen LogP contribution in [0.2, 0.25) is 0 Å². The molecule has 1 aromatic heterocycles. The Morgan fingerprint density at radius 2 is 2.20 bits per heavy atom. The van der Waals surface area contributed by atoms with Crippen LogP contribution in [0.4, 0.5) is 0 Å². The van der Waals surface area contributed by atoms with Gasteiger partial charge in [-0.15, -0.1) is 0 Å². The third-order valence-electron chi connectivity index (χ3n) is 4.79. The first-order chi connectivity index (χ1) is 9.57. The van der Waals surface area contributed by atoms with E-state index in [1.807, 2.05) is 6.20 Å². The van der Waals surface area contributed by atoms with Crippen molar-refractivity contribution < 1.29 is 0 Å². The standard InChI is InChI=1S/C17H31N3/c1-5-9-18-13-14-7-8-17(3,4)12-15(14)16-19-10-11-20(16)6-2/h10-11,14-15,18H,5-9,12-13H2,1-4H3. The lowest BCUT2D eigenvalue weighted by atomic mass is 9.66. The molecule has 1 N–H and O–H groups in total. The van der Waals surface area contributed by atoms with Crippen LogP contribution in [0.15, 0.2) is 12.4 Å². The number of hydrogen-bond donors (Lipinski definition) is 1. The lowest BCUT2D eigenvalue weighted by Crippen LogP contribution is -2.36. The summed E-state index contributed by atoms with van der Waals surface area (Å²) in [5, 5.41) is 3.62. The van der Waals surface area contributed by atoms with E-state index in [0.29, 0.717) is 11.3 Å². The van der Waals surface area contributed by atoms with Crippen molar-refractivity contribution in [3.05, 3.63) is 18.2 Å². The first-order valence-corrected chi connectivity index (χ1v) is 8.29. The average molecular weight is 277 g/mol. The van der Waals surface area contributed by atoms with Crippen LogP contribution in [-0.4, -0.2) is 22.6 Å². The molecule has 1 heterocycles. The van der Waals surface area contributed by atoms with Crippen LogP contribution in [0.1, 0.15) is 65.1 Å². The van der Waals surface area contributed by atoms with Gasteiger partial charge in [0.1, 0.15) is 5.82 Å². The van der Waals surface area contributed by atoms with Gasteiger partial charge in [-0.3, -0.25) is 0 Å². The van der Waals surface area contributed by atoms with Gasteiger partial charge in [0.25, 0.3) is 0 Å². The van der Waals surface area contributed by atoms with Gasteiger partial charge in [0.05, 0.1) is 0 Å². The first-order valence-electron chi connectivity index (χ1n) is 8.29. The molecule has 1 aliphatic carbocycles. The fraction of sp³-hybridized carbons (Fsp3) is 0.824. The molecule has 2 atom stereocenters. The normalized spacial score (nSPS) is 25.8. The van der Waals surface area contributed by atoms with Crippen molar-refractivity contribution >= 4 is 0 Å². The largest absolute Gasteiger partial charge is 0.335 e. The number of nitrogens with one attached hydrogen (secondary N) is 1. The fourth-order valence-electron chi connectivity index (χ4n) is 3.57. The van der Waals surface area contributed by atoms with Crippen LogP contribution in [-0.2, 0) is 6.54 Å². The predicted molar refractivity (Wildman–Crippen MR) is 84.9 cm³/mol. The maximum Gasteiger partial charge on any atom is 0.112 e. The van der Waals surface area contributed by atoms with Crippen molar-refractivity contribution in [2.45, 2.75) is 65.8 Å². The summed E-state index contributed by atoms with van der Waals surface area (Å²) in [7, 11) is 0. The Labute approximate surface area is 124 Å². The van der Waals surface area contributed by atoms with Gasteiger partial charge >= 0.3 is 0 Å².